The standard InChI is InChI=1S/C19H23N3O4S2/c23-16(22-18(25)21-14-6-2-3-7-14)11-26-17(24)15-8-4-1-5-13(15)12-28-19-20-9-10-27-19/h1,4-5,8,14H,2-3,6-7,9-12H2,(H2,21,22,23,25). The Morgan fingerprint density at radius 3 is 2.75 bits per heavy atom. The topological polar surface area (TPSA) is 96.9 Å². The van der Waals surface area contributed by atoms with Crippen molar-refractivity contribution >= 4 is 45.8 Å². The molecule has 0 bridgehead atoms. The summed E-state index contributed by atoms with van der Waals surface area (Å²) in [6, 6.07) is 6.71. The van der Waals surface area contributed by atoms with Crippen molar-refractivity contribution in [3.63, 3.8) is 0 Å². The van der Waals surface area contributed by atoms with E-state index in [4.69, 9.17) is 4.74 Å². The van der Waals surface area contributed by atoms with Crippen LogP contribution in [-0.2, 0) is 15.3 Å². The molecule has 0 spiro atoms. The summed E-state index contributed by atoms with van der Waals surface area (Å²) in [5.41, 5.74) is 1.24. The molecular weight excluding hydrogens is 398 g/mol. The Labute approximate surface area is 172 Å². The summed E-state index contributed by atoms with van der Waals surface area (Å²) < 4.78 is 6.12. The highest BCUT2D eigenvalue weighted by atomic mass is 32.2. The molecule has 1 aliphatic heterocycles. The van der Waals surface area contributed by atoms with Gasteiger partial charge >= 0.3 is 12.0 Å². The Morgan fingerprint density at radius 1 is 1.21 bits per heavy atom. The minimum atomic E-state index is -0.646. The molecule has 0 radical (unpaired) electrons. The molecule has 0 saturated heterocycles. The average Bonchev–Trinajstić information content (AvgIpc) is 3.38. The van der Waals surface area contributed by atoms with Crippen molar-refractivity contribution in [1.82, 2.24) is 10.6 Å². The van der Waals surface area contributed by atoms with Crippen LogP contribution < -0.4 is 10.6 Å². The van der Waals surface area contributed by atoms with Crippen LogP contribution in [0.1, 0.15) is 41.6 Å². The minimum Gasteiger partial charge on any atom is -0.452 e. The Morgan fingerprint density at radius 2 is 2.00 bits per heavy atom. The second-order valence-corrected chi connectivity index (χ2v) is 8.83. The molecule has 3 amide bonds. The third-order valence-corrected chi connectivity index (χ3v) is 6.73. The van der Waals surface area contributed by atoms with Gasteiger partial charge in [0.25, 0.3) is 5.91 Å². The smallest absolute Gasteiger partial charge is 0.338 e. The second-order valence-electron chi connectivity index (χ2n) is 6.52. The maximum absolute atomic E-state index is 12.4. The lowest BCUT2D eigenvalue weighted by Gasteiger charge is -2.12. The summed E-state index contributed by atoms with van der Waals surface area (Å²) in [7, 11) is 0. The Balaban J connectivity index is 1.46. The maximum Gasteiger partial charge on any atom is 0.338 e. The van der Waals surface area contributed by atoms with E-state index in [0.717, 1.165) is 47.9 Å². The van der Waals surface area contributed by atoms with Gasteiger partial charge < -0.3 is 10.1 Å². The van der Waals surface area contributed by atoms with Gasteiger partial charge in [0.05, 0.1) is 12.1 Å². The zero-order valence-corrected chi connectivity index (χ0v) is 17.1. The van der Waals surface area contributed by atoms with Crippen LogP contribution in [0.5, 0.6) is 0 Å². The molecule has 2 aliphatic rings. The fourth-order valence-electron chi connectivity index (χ4n) is 3.05. The highest BCUT2D eigenvalue weighted by Gasteiger charge is 2.19. The van der Waals surface area contributed by atoms with Crippen LogP contribution >= 0.6 is 23.5 Å². The minimum absolute atomic E-state index is 0.113. The van der Waals surface area contributed by atoms with Crippen LogP contribution in [0.25, 0.3) is 0 Å². The lowest BCUT2D eigenvalue weighted by molar-refractivity contribution is -0.123. The fraction of sp³-hybridized carbons (Fsp3) is 0.474. The largest absolute Gasteiger partial charge is 0.452 e. The number of urea groups is 1. The predicted octanol–water partition coefficient (Wildman–Crippen LogP) is 2.95. The van der Waals surface area contributed by atoms with Gasteiger partial charge in [0.15, 0.2) is 6.61 Å². The van der Waals surface area contributed by atoms with Crippen molar-refractivity contribution in [2.75, 3.05) is 18.9 Å². The van der Waals surface area contributed by atoms with E-state index in [1.165, 1.54) is 0 Å². The first-order valence-corrected chi connectivity index (χ1v) is 11.2. The van der Waals surface area contributed by atoms with Gasteiger partial charge in [-0.1, -0.05) is 54.6 Å². The number of benzene rings is 1. The van der Waals surface area contributed by atoms with Crippen LogP contribution in [0.3, 0.4) is 0 Å². The Kier molecular flexibility index (Phi) is 7.79. The van der Waals surface area contributed by atoms with Gasteiger partial charge in [0.1, 0.15) is 4.38 Å². The highest BCUT2D eigenvalue weighted by Crippen LogP contribution is 2.26. The second kappa shape index (κ2) is 10.5. The van der Waals surface area contributed by atoms with Gasteiger partial charge in [-0.2, -0.15) is 0 Å². The van der Waals surface area contributed by atoms with Crippen molar-refractivity contribution in [1.29, 1.82) is 0 Å². The highest BCUT2D eigenvalue weighted by molar-refractivity contribution is 8.38. The van der Waals surface area contributed by atoms with Gasteiger partial charge in [0, 0.05) is 17.5 Å². The number of thioether (sulfide) groups is 2. The van der Waals surface area contributed by atoms with Crippen molar-refractivity contribution in [3.05, 3.63) is 35.4 Å². The Hall–Kier alpha value is -2.00. The molecule has 0 atom stereocenters. The van der Waals surface area contributed by atoms with Crippen molar-refractivity contribution < 1.29 is 19.1 Å². The summed E-state index contributed by atoms with van der Waals surface area (Å²) >= 11 is 3.30. The lowest BCUT2D eigenvalue weighted by atomic mass is 10.1. The molecule has 1 aromatic carbocycles. The molecule has 7 nitrogen and oxygen atoms in total. The molecule has 9 heteroatoms. The van der Waals surface area contributed by atoms with Crippen molar-refractivity contribution in [2.45, 2.75) is 37.5 Å². The number of carbonyl (C=O) groups excluding carboxylic acids is 3. The molecular formula is C19H23N3O4S2. The quantitative estimate of drug-likeness (QED) is 0.686. The first-order chi connectivity index (χ1) is 13.6. The number of hydrogen-bond donors (Lipinski definition) is 2. The number of aliphatic imine (C=N–C) groups is 1. The Bertz CT molecular complexity index is 763. The zero-order chi connectivity index (χ0) is 19.8. The third-order valence-electron chi connectivity index (χ3n) is 4.42. The van der Waals surface area contributed by atoms with E-state index < -0.39 is 24.5 Å². The first kappa shape index (κ1) is 20.7. The van der Waals surface area contributed by atoms with E-state index in [0.29, 0.717) is 11.3 Å². The summed E-state index contributed by atoms with van der Waals surface area (Å²) in [5.74, 6) is 0.374. The summed E-state index contributed by atoms with van der Waals surface area (Å²) in [6.07, 6.45) is 4.02. The SMILES string of the molecule is O=C(COC(=O)c1ccccc1CSC1=NCCS1)NC(=O)NC1CCCC1. The van der Waals surface area contributed by atoms with Gasteiger partial charge in [-0.15, -0.1) is 0 Å². The molecule has 28 heavy (non-hydrogen) atoms. The van der Waals surface area contributed by atoms with Crippen LogP contribution in [0.4, 0.5) is 4.79 Å². The fourth-order valence-corrected chi connectivity index (χ4v) is 5.06. The molecule has 1 fully saturated rings. The number of rotatable bonds is 6. The summed E-state index contributed by atoms with van der Waals surface area (Å²) in [6.45, 7) is 0.334. The number of amides is 3. The molecule has 0 unspecified atom stereocenters. The molecule has 0 aromatic heterocycles. The molecule has 2 N–H and O–H groups in total. The third kappa shape index (κ3) is 6.27. The first-order valence-electron chi connectivity index (χ1n) is 9.27. The van der Waals surface area contributed by atoms with E-state index in [-0.39, 0.29) is 6.04 Å². The summed E-state index contributed by atoms with van der Waals surface area (Å²) in [4.78, 5) is 40.4. The van der Waals surface area contributed by atoms with Crippen molar-refractivity contribution in [2.24, 2.45) is 4.99 Å². The van der Waals surface area contributed by atoms with E-state index in [2.05, 4.69) is 15.6 Å². The van der Waals surface area contributed by atoms with Gasteiger partial charge in [-0.25, -0.2) is 9.59 Å². The van der Waals surface area contributed by atoms with Crippen LogP contribution in [-0.4, -0.2) is 47.2 Å². The monoisotopic (exact) mass is 421 g/mol. The maximum atomic E-state index is 12.4. The average molecular weight is 422 g/mol. The number of carbonyl (C=O) groups is 3. The number of nitrogens with one attached hydrogen (secondary N) is 2. The number of ether oxygens (including phenoxy) is 1. The summed E-state index contributed by atoms with van der Waals surface area (Å²) in [5, 5.41) is 4.96. The number of esters is 1. The number of imide groups is 1. The predicted molar refractivity (Wildman–Crippen MR) is 112 cm³/mol. The van der Waals surface area contributed by atoms with Gasteiger partial charge in [-0.3, -0.25) is 15.1 Å². The molecule has 1 saturated carbocycles. The van der Waals surface area contributed by atoms with E-state index in [1.54, 1.807) is 35.7 Å². The lowest BCUT2D eigenvalue weighted by Crippen LogP contribution is -2.45. The molecule has 1 aromatic rings. The van der Waals surface area contributed by atoms with Crippen LogP contribution in [0, 0.1) is 0 Å². The number of hydrogen-bond acceptors (Lipinski definition) is 7. The van der Waals surface area contributed by atoms with E-state index in [1.807, 2.05) is 12.1 Å². The van der Waals surface area contributed by atoms with Crippen LogP contribution in [0.2, 0.25) is 0 Å². The molecule has 3 rings (SSSR count). The zero-order valence-electron chi connectivity index (χ0n) is 15.4. The molecule has 1 aliphatic carbocycles. The molecule has 1 heterocycles. The van der Waals surface area contributed by atoms with Crippen molar-refractivity contribution in [3.8, 4) is 0 Å². The normalized spacial score (nSPS) is 16.5. The van der Waals surface area contributed by atoms with Crippen LogP contribution in [0.15, 0.2) is 29.3 Å². The van der Waals surface area contributed by atoms with E-state index in [9.17, 15) is 14.4 Å². The molecule has 150 valence electrons. The van der Waals surface area contributed by atoms with Gasteiger partial charge in [0.2, 0.25) is 0 Å². The van der Waals surface area contributed by atoms with Gasteiger partial charge in [-0.05, 0) is 24.5 Å². The van der Waals surface area contributed by atoms with E-state index >= 15 is 0 Å². The number of nitrogens with zero attached hydrogens (tertiary/aromatic N) is 1.